The standard InChI is InChI=1S/C18H18ClN3O6S2/c19-16-11-13(22-17(23)8-10-29(22,25)26)3-6-15(16)18(24)21-9-7-12-1-4-14(5-2-12)30(20,27)28/h1-6,11H,7-10H2,(H,21,24)(H2,20,27,28). The van der Waals surface area contributed by atoms with E-state index in [0.717, 1.165) is 5.56 Å². The highest BCUT2D eigenvalue weighted by Crippen LogP contribution is 2.29. The van der Waals surface area contributed by atoms with Crippen LogP contribution in [-0.4, -0.2) is 40.9 Å². The number of hydrogen-bond donors (Lipinski definition) is 2. The minimum atomic E-state index is -3.76. The SMILES string of the molecule is NS(=O)(=O)c1ccc(CCNC(=O)c2ccc(N3C(=O)CCS3(=O)=O)cc2Cl)cc1. The summed E-state index contributed by atoms with van der Waals surface area (Å²) in [7, 11) is -7.48. The van der Waals surface area contributed by atoms with Crippen molar-refractivity contribution in [3.8, 4) is 0 Å². The molecule has 160 valence electrons. The number of carbonyl (C=O) groups excluding carboxylic acids is 2. The van der Waals surface area contributed by atoms with E-state index in [9.17, 15) is 26.4 Å². The Hall–Kier alpha value is -2.47. The molecular formula is C18H18ClN3O6S2. The zero-order valence-electron chi connectivity index (χ0n) is 15.5. The van der Waals surface area contributed by atoms with Gasteiger partial charge in [-0.25, -0.2) is 26.3 Å². The molecule has 3 N–H and O–H groups in total. The van der Waals surface area contributed by atoms with Gasteiger partial charge in [-0.1, -0.05) is 23.7 Å². The second-order valence-electron chi connectivity index (χ2n) is 6.58. The van der Waals surface area contributed by atoms with Gasteiger partial charge in [0.15, 0.2) is 0 Å². The molecule has 0 bridgehead atoms. The third kappa shape index (κ3) is 4.81. The highest BCUT2D eigenvalue weighted by molar-refractivity contribution is 7.94. The molecule has 1 heterocycles. The molecule has 2 aromatic carbocycles. The summed E-state index contributed by atoms with van der Waals surface area (Å²) in [5.74, 6) is -1.27. The minimum Gasteiger partial charge on any atom is -0.352 e. The van der Waals surface area contributed by atoms with Crippen LogP contribution in [0.15, 0.2) is 47.4 Å². The van der Waals surface area contributed by atoms with Crippen LogP contribution in [0.25, 0.3) is 0 Å². The van der Waals surface area contributed by atoms with Crippen LogP contribution in [0.2, 0.25) is 5.02 Å². The molecular weight excluding hydrogens is 454 g/mol. The Morgan fingerprint density at radius 2 is 1.83 bits per heavy atom. The van der Waals surface area contributed by atoms with Crippen molar-refractivity contribution >= 4 is 49.1 Å². The molecule has 12 heteroatoms. The van der Waals surface area contributed by atoms with E-state index in [0.29, 0.717) is 10.7 Å². The number of halogens is 1. The van der Waals surface area contributed by atoms with Gasteiger partial charge in [0.2, 0.25) is 26.0 Å². The van der Waals surface area contributed by atoms with Gasteiger partial charge in [-0.3, -0.25) is 9.59 Å². The van der Waals surface area contributed by atoms with Gasteiger partial charge < -0.3 is 5.32 Å². The third-order valence-electron chi connectivity index (χ3n) is 4.46. The normalized spacial score (nSPS) is 15.9. The summed E-state index contributed by atoms with van der Waals surface area (Å²) in [6.45, 7) is 0.255. The van der Waals surface area contributed by atoms with E-state index >= 15 is 0 Å². The van der Waals surface area contributed by atoms with Crippen molar-refractivity contribution in [1.29, 1.82) is 0 Å². The first-order valence-corrected chi connectivity index (χ1v) is 12.3. The van der Waals surface area contributed by atoms with Crippen LogP contribution in [0.3, 0.4) is 0 Å². The molecule has 30 heavy (non-hydrogen) atoms. The zero-order valence-corrected chi connectivity index (χ0v) is 17.9. The lowest BCUT2D eigenvalue weighted by atomic mass is 10.1. The maximum atomic E-state index is 12.4. The number of carbonyl (C=O) groups is 2. The second kappa shape index (κ2) is 8.34. The van der Waals surface area contributed by atoms with Gasteiger partial charge in [-0.05, 0) is 42.3 Å². The largest absolute Gasteiger partial charge is 0.352 e. The fraction of sp³-hybridized carbons (Fsp3) is 0.222. The van der Waals surface area contributed by atoms with E-state index in [2.05, 4.69) is 5.32 Å². The summed E-state index contributed by atoms with van der Waals surface area (Å²) >= 11 is 6.14. The smallest absolute Gasteiger partial charge is 0.252 e. The summed E-state index contributed by atoms with van der Waals surface area (Å²) in [6.07, 6.45) is 0.341. The molecule has 3 rings (SSSR count). The lowest BCUT2D eigenvalue weighted by molar-refractivity contribution is -0.116. The average molecular weight is 472 g/mol. The Morgan fingerprint density at radius 1 is 1.17 bits per heavy atom. The van der Waals surface area contributed by atoms with Crippen molar-refractivity contribution in [3.05, 3.63) is 58.6 Å². The van der Waals surface area contributed by atoms with Crippen LogP contribution < -0.4 is 14.8 Å². The van der Waals surface area contributed by atoms with Crippen LogP contribution in [0.5, 0.6) is 0 Å². The molecule has 0 spiro atoms. The molecule has 0 unspecified atom stereocenters. The van der Waals surface area contributed by atoms with E-state index in [-0.39, 0.29) is 39.9 Å². The number of nitrogens with two attached hydrogens (primary N) is 1. The van der Waals surface area contributed by atoms with E-state index in [1.807, 2.05) is 0 Å². The molecule has 0 saturated carbocycles. The fourth-order valence-electron chi connectivity index (χ4n) is 2.94. The summed E-state index contributed by atoms with van der Waals surface area (Å²) in [5.41, 5.74) is 1.02. The predicted molar refractivity (Wildman–Crippen MR) is 111 cm³/mol. The first kappa shape index (κ1) is 22.2. The number of nitrogens with one attached hydrogen (secondary N) is 1. The van der Waals surface area contributed by atoms with E-state index in [1.165, 1.54) is 30.3 Å². The predicted octanol–water partition coefficient (Wildman–Crippen LogP) is 1.03. The number of amides is 2. The van der Waals surface area contributed by atoms with Crippen molar-refractivity contribution in [2.75, 3.05) is 16.6 Å². The van der Waals surface area contributed by atoms with Crippen molar-refractivity contribution in [2.24, 2.45) is 5.14 Å². The van der Waals surface area contributed by atoms with Gasteiger partial charge >= 0.3 is 0 Å². The number of rotatable bonds is 6. The molecule has 0 radical (unpaired) electrons. The van der Waals surface area contributed by atoms with Crippen LogP contribution in [-0.2, 0) is 31.3 Å². The monoisotopic (exact) mass is 471 g/mol. The summed E-state index contributed by atoms with van der Waals surface area (Å²) < 4.78 is 47.2. The molecule has 1 aliphatic heterocycles. The molecule has 0 atom stereocenters. The van der Waals surface area contributed by atoms with Crippen molar-refractivity contribution in [2.45, 2.75) is 17.7 Å². The molecule has 0 aromatic heterocycles. The molecule has 2 amide bonds. The molecule has 0 aliphatic carbocycles. The van der Waals surface area contributed by atoms with Gasteiger partial charge in [0, 0.05) is 13.0 Å². The lowest BCUT2D eigenvalue weighted by Crippen LogP contribution is -2.29. The molecule has 2 aromatic rings. The summed E-state index contributed by atoms with van der Waals surface area (Å²) in [6, 6.07) is 9.94. The Kier molecular flexibility index (Phi) is 6.18. The number of hydrogen-bond acceptors (Lipinski definition) is 6. The van der Waals surface area contributed by atoms with Crippen LogP contribution in [0.4, 0.5) is 5.69 Å². The van der Waals surface area contributed by atoms with Gasteiger partial charge in [0.1, 0.15) is 0 Å². The number of primary sulfonamides is 1. The van der Waals surface area contributed by atoms with Gasteiger partial charge in [0.05, 0.1) is 26.9 Å². The Bertz CT molecular complexity index is 1210. The maximum Gasteiger partial charge on any atom is 0.252 e. The van der Waals surface area contributed by atoms with E-state index in [4.69, 9.17) is 16.7 Å². The Morgan fingerprint density at radius 3 is 2.37 bits per heavy atom. The molecule has 1 saturated heterocycles. The molecule has 9 nitrogen and oxygen atoms in total. The first-order chi connectivity index (χ1) is 14.0. The van der Waals surface area contributed by atoms with Crippen LogP contribution >= 0.6 is 11.6 Å². The highest BCUT2D eigenvalue weighted by atomic mass is 35.5. The van der Waals surface area contributed by atoms with Crippen molar-refractivity contribution in [1.82, 2.24) is 5.32 Å². The highest BCUT2D eigenvalue weighted by Gasteiger charge is 2.36. The number of nitrogens with zero attached hydrogens (tertiary/aromatic N) is 1. The van der Waals surface area contributed by atoms with Crippen molar-refractivity contribution < 1.29 is 26.4 Å². The van der Waals surface area contributed by atoms with E-state index < -0.39 is 31.9 Å². The third-order valence-corrected chi connectivity index (χ3v) is 7.39. The van der Waals surface area contributed by atoms with Crippen LogP contribution in [0.1, 0.15) is 22.3 Å². The summed E-state index contributed by atoms with van der Waals surface area (Å²) in [4.78, 5) is 24.2. The zero-order chi connectivity index (χ0) is 22.1. The first-order valence-electron chi connectivity index (χ1n) is 8.74. The number of benzene rings is 2. The number of sulfonamides is 2. The summed E-state index contributed by atoms with van der Waals surface area (Å²) in [5, 5.41) is 7.74. The van der Waals surface area contributed by atoms with Gasteiger partial charge in [0.25, 0.3) is 5.91 Å². The molecule has 1 fully saturated rings. The second-order valence-corrected chi connectivity index (χ2v) is 10.5. The molecule has 1 aliphatic rings. The van der Waals surface area contributed by atoms with E-state index in [1.54, 1.807) is 12.1 Å². The number of anilines is 1. The van der Waals surface area contributed by atoms with Gasteiger partial charge in [-0.15, -0.1) is 0 Å². The minimum absolute atomic E-state index is 0.000607. The fourth-order valence-corrected chi connectivity index (χ4v) is 5.17. The average Bonchev–Trinajstić information content (AvgIpc) is 2.93. The Labute approximate surface area is 178 Å². The van der Waals surface area contributed by atoms with Crippen LogP contribution in [0, 0.1) is 0 Å². The Balaban J connectivity index is 1.64. The maximum absolute atomic E-state index is 12.4. The quantitative estimate of drug-likeness (QED) is 0.643. The lowest BCUT2D eigenvalue weighted by Gasteiger charge is -2.16. The van der Waals surface area contributed by atoms with Gasteiger partial charge in [-0.2, -0.15) is 0 Å². The van der Waals surface area contributed by atoms with Crippen molar-refractivity contribution in [3.63, 3.8) is 0 Å². The topological polar surface area (TPSA) is 144 Å².